The Bertz CT molecular complexity index is 555. The second kappa shape index (κ2) is 4.72. The van der Waals surface area contributed by atoms with E-state index < -0.39 is 0 Å². The SMILES string of the molecule is COc1c(-c2cncc(Cl)n2)ccc(C)c1C. The molecule has 0 amide bonds. The molecule has 17 heavy (non-hydrogen) atoms. The molecule has 1 aromatic heterocycles. The van der Waals surface area contributed by atoms with E-state index in [2.05, 4.69) is 9.97 Å². The number of hydrogen-bond donors (Lipinski definition) is 0. The van der Waals surface area contributed by atoms with Gasteiger partial charge in [0.25, 0.3) is 0 Å². The number of aryl methyl sites for hydroxylation is 1. The molecule has 0 bridgehead atoms. The van der Waals surface area contributed by atoms with Gasteiger partial charge in [-0.05, 0) is 31.0 Å². The first-order valence-electron chi connectivity index (χ1n) is 5.25. The van der Waals surface area contributed by atoms with E-state index in [1.807, 2.05) is 26.0 Å². The number of benzene rings is 1. The van der Waals surface area contributed by atoms with Crippen LogP contribution in [0, 0.1) is 13.8 Å². The van der Waals surface area contributed by atoms with E-state index in [1.54, 1.807) is 13.3 Å². The summed E-state index contributed by atoms with van der Waals surface area (Å²) in [6, 6.07) is 4.01. The molecule has 0 aliphatic heterocycles. The zero-order valence-electron chi connectivity index (χ0n) is 9.99. The number of aromatic nitrogens is 2. The minimum absolute atomic E-state index is 0.378. The van der Waals surface area contributed by atoms with Crippen molar-refractivity contribution in [2.24, 2.45) is 0 Å². The van der Waals surface area contributed by atoms with Crippen molar-refractivity contribution in [3.63, 3.8) is 0 Å². The standard InChI is InChI=1S/C13H13ClN2O/c1-8-4-5-10(13(17-3)9(8)2)11-6-15-7-12(14)16-11/h4-7H,1-3H3. The first-order valence-corrected chi connectivity index (χ1v) is 5.63. The van der Waals surface area contributed by atoms with Gasteiger partial charge in [-0.1, -0.05) is 17.7 Å². The van der Waals surface area contributed by atoms with Gasteiger partial charge in [0.15, 0.2) is 0 Å². The molecule has 2 rings (SSSR count). The maximum absolute atomic E-state index is 5.85. The van der Waals surface area contributed by atoms with Gasteiger partial charge >= 0.3 is 0 Å². The van der Waals surface area contributed by atoms with Crippen LogP contribution in [-0.2, 0) is 0 Å². The Labute approximate surface area is 105 Å². The van der Waals surface area contributed by atoms with Crippen LogP contribution in [0.25, 0.3) is 11.3 Å². The fourth-order valence-electron chi connectivity index (χ4n) is 1.73. The number of methoxy groups -OCH3 is 1. The number of nitrogens with zero attached hydrogens (tertiary/aromatic N) is 2. The van der Waals surface area contributed by atoms with Crippen molar-refractivity contribution in [3.05, 3.63) is 40.8 Å². The molecular weight excluding hydrogens is 236 g/mol. The van der Waals surface area contributed by atoms with E-state index in [1.165, 1.54) is 11.8 Å². The molecule has 0 N–H and O–H groups in total. The molecule has 0 saturated carbocycles. The Kier molecular flexibility index (Phi) is 3.29. The van der Waals surface area contributed by atoms with Crippen LogP contribution >= 0.6 is 11.6 Å². The third kappa shape index (κ3) is 2.24. The van der Waals surface area contributed by atoms with E-state index in [0.29, 0.717) is 5.15 Å². The molecule has 1 heterocycles. The number of ether oxygens (including phenoxy) is 1. The highest BCUT2D eigenvalue weighted by atomic mass is 35.5. The van der Waals surface area contributed by atoms with Crippen LogP contribution in [0.3, 0.4) is 0 Å². The van der Waals surface area contributed by atoms with Gasteiger partial charge in [0.1, 0.15) is 10.9 Å². The molecule has 0 aliphatic rings. The minimum atomic E-state index is 0.378. The lowest BCUT2D eigenvalue weighted by Crippen LogP contribution is -1.95. The summed E-state index contributed by atoms with van der Waals surface area (Å²) in [6.07, 6.45) is 3.19. The predicted octanol–water partition coefficient (Wildman–Crippen LogP) is 3.42. The summed E-state index contributed by atoms with van der Waals surface area (Å²) < 4.78 is 5.44. The zero-order chi connectivity index (χ0) is 12.4. The van der Waals surface area contributed by atoms with E-state index in [9.17, 15) is 0 Å². The zero-order valence-corrected chi connectivity index (χ0v) is 10.7. The largest absolute Gasteiger partial charge is 0.496 e. The predicted molar refractivity (Wildman–Crippen MR) is 68.5 cm³/mol. The van der Waals surface area contributed by atoms with Crippen molar-refractivity contribution in [3.8, 4) is 17.0 Å². The van der Waals surface area contributed by atoms with Gasteiger partial charge in [-0.3, -0.25) is 4.98 Å². The van der Waals surface area contributed by atoms with E-state index in [0.717, 1.165) is 22.6 Å². The molecule has 0 unspecified atom stereocenters. The Hall–Kier alpha value is -1.61. The normalized spacial score (nSPS) is 10.4. The van der Waals surface area contributed by atoms with Crippen LogP contribution in [0.15, 0.2) is 24.5 Å². The van der Waals surface area contributed by atoms with Crippen molar-refractivity contribution in [2.45, 2.75) is 13.8 Å². The summed E-state index contributed by atoms with van der Waals surface area (Å²) in [7, 11) is 1.66. The highest BCUT2D eigenvalue weighted by Gasteiger charge is 2.11. The summed E-state index contributed by atoms with van der Waals surface area (Å²) in [4.78, 5) is 8.28. The molecule has 88 valence electrons. The Morgan fingerprint density at radius 1 is 1.18 bits per heavy atom. The van der Waals surface area contributed by atoms with Crippen LogP contribution in [0.1, 0.15) is 11.1 Å². The van der Waals surface area contributed by atoms with E-state index in [4.69, 9.17) is 16.3 Å². The van der Waals surface area contributed by atoms with E-state index in [-0.39, 0.29) is 0 Å². The van der Waals surface area contributed by atoms with Gasteiger partial charge in [-0.25, -0.2) is 4.98 Å². The van der Waals surface area contributed by atoms with E-state index >= 15 is 0 Å². The molecule has 0 atom stereocenters. The average Bonchev–Trinajstić information content (AvgIpc) is 2.32. The number of hydrogen-bond acceptors (Lipinski definition) is 3. The lowest BCUT2D eigenvalue weighted by molar-refractivity contribution is 0.413. The fourth-order valence-corrected chi connectivity index (χ4v) is 1.87. The maximum Gasteiger partial charge on any atom is 0.148 e. The smallest absolute Gasteiger partial charge is 0.148 e. The van der Waals surface area contributed by atoms with Crippen LogP contribution in [-0.4, -0.2) is 17.1 Å². The van der Waals surface area contributed by atoms with Crippen LogP contribution < -0.4 is 4.74 Å². The summed E-state index contributed by atoms with van der Waals surface area (Å²) >= 11 is 5.85. The topological polar surface area (TPSA) is 35.0 Å². The number of rotatable bonds is 2. The van der Waals surface area contributed by atoms with Gasteiger partial charge in [0, 0.05) is 5.56 Å². The molecule has 1 aromatic carbocycles. The van der Waals surface area contributed by atoms with Gasteiger partial charge < -0.3 is 4.74 Å². The van der Waals surface area contributed by atoms with Crippen molar-refractivity contribution in [1.29, 1.82) is 0 Å². The lowest BCUT2D eigenvalue weighted by Gasteiger charge is -2.12. The third-order valence-corrected chi connectivity index (χ3v) is 2.94. The van der Waals surface area contributed by atoms with Gasteiger partial charge in [-0.15, -0.1) is 0 Å². The molecule has 0 saturated heterocycles. The Morgan fingerprint density at radius 2 is 1.94 bits per heavy atom. The molecule has 0 spiro atoms. The highest BCUT2D eigenvalue weighted by Crippen LogP contribution is 2.33. The highest BCUT2D eigenvalue weighted by molar-refractivity contribution is 6.29. The Morgan fingerprint density at radius 3 is 2.59 bits per heavy atom. The van der Waals surface area contributed by atoms with Crippen molar-refractivity contribution in [1.82, 2.24) is 9.97 Å². The molecule has 4 heteroatoms. The Balaban J connectivity index is 2.63. The van der Waals surface area contributed by atoms with Gasteiger partial charge in [0.2, 0.25) is 0 Å². The lowest BCUT2D eigenvalue weighted by atomic mass is 10.0. The fraction of sp³-hybridized carbons (Fsp3) is 0.231. The van der Waals surface area contributed by atoms with Crippen LogP contribution in [0.5, 0.6) is 5.75 Å². The molecular formula is C13H13ClN2O. The average molecular weight is 249 g/mol. The molecule has 2 aromatic rings. The molecule has 0 aliphatic carbocycles. The quantitative estimate of drug-likeness (QED) is 0.817. The van der Waals surface area contributed by atoms with Gasteiger partial charge in [0.05, 0.1) is 25.2 Å². The van der Waals surface area contributed by atoms with Crippen molar-refractivity contribution >= 4 is 11.6 Å². The van der Waals surface area contributed by atoms with Crippen LogP contribution in [0.4, 0.5) is 0 Å². The molecule has 3 nitrogen and oxygen atoms in total. The maximum atomic E-state index is 5.85. The second-order valence-corrected chi connectivity index (χ2v) is 4.20. The number of halogens is 1. The van der Waals surface area contributed by atoms with Crippen molar-refractivity contribution in [2.75, 3.05) is 7.11 Å². The van der Waals surface area contributed by atoms with Crippen molar-refractivity contribution < 1.29 is 4.74 Å². The van der Waals surface area contributed by atoms with Gasteiger partial charge in [-0.2, -0.15) is 0 Å². The third-order valence-electron chi connectivity index (χ3n) is 2.76. The monoisotopic (exact) mass is 248 g/mol. The minimum Gasteiger partial charge on any atom is -0.496 e. The summed E-state index contributed by atoms with van der Waals surface area (Å²) in [5, 5.41) is 0.378. The summed E-state index contributed by atoms with van der Waals surface area (Å²) in [5.74, 6) is 0.821. The molecule has 0 radical (unpaired) electrons. The summed E-state index contributed by atoms with van der Waals surface area (Å²) in [6.45, 7) is 4.07. The summed E-state index contributed by atoms with van der Waals surface area (Å²) in [5.41, 5.74) is 3.91. The van der Waals surface area contributed by atoms with Crippen LogP contribution in [0.2, 0.25) is 5.15 Å². The second-order valence-electron chi connectivity index (χ2n) is 3.82. The molecule has 0 fully saturated rings. The first kappa shape index (κ1) is 11.9. The first-order chi connectivity index (χ1) is 8.13.